The van der Waals surface area contributed by atoms with Crippen LogP contribution in [0.25, 0.3) is 0 Å². The molecule has 3 unspecified atom stereocenters. The first-order valence-electron chi connectivity index (χ1n) is 7.33. The van der Waals surface area contributed by atoms with Crippen molar-refractivity contribution in [1.29, 1.82) is 0 Å². The average Bonchev–Trinajstić information content (AvgIpc) is 2.95. The van der Waals surface area contributed by atoms with Crippen LogP contribution < -0.4 is 10.6 Å². The number of thioether (sulfide) groups is 1. The van der Waals surface area contributed by atoms with Gasteiger partial charge in [-0.2, -0.15) is 11.8 Å². The first-order valence-corrected chi connectivity index (χ1v) is 8.72. The van der Waals surface area contributed by atoms with E-state index >= 15 is 0 Å². The summed E-state index contributed by atoms with van der Waals surface area (Å²) >= 11 is 1.90. The van der Waals surface area contributed by atoms with Gasteiger partial charge in [-0.25, -0.2) is 0 Å². The van der Waals surface area contributed by atoms with Gasteiger partial charge >= 0.3 is 0 Å². The van der Waals surface area contributed by atoms with Crippen molar-refractivity contribution >= 4 is 17.7 Å². The summed E-state index contributed by atoms with van der Waals surface area (Å²) in [6.07, 6.45) is 9.63. The van der Waals surface area contributed by atoms with Crippen LogP contribution in [0.5, 0.6) is 0 Å². The maximum atomic E-state index is 12.1. The van der Waals surface area contributed by atoms with E-state index in [2.05, 4.69) is 16.9 Å². The van der Waals surface area contributed by atoms with Gasteiger partial charge in [0.1, 0.15) is 0 Å². The van der Waals surface area contributed by atoms with Crippen LogP contribution in [0.15, 0.2) is 0 Å². The predicted octanol–water partition coefficient (Wildman–Crippen LogP) is 2.02. The second-order valence-corrected chi connectivity index (χ2v) is 6.57. The molecule has 1 aliphatic heterocycles. The zero-order valence-corrected chi connectivity index (χ0v) is 12.2. The van der Waals surface area contributed by atoms with Gasteiger partial charge in [0, 0.05) is 6.54 Å². The highest BCUT2D eigenvalue weighted by Crippen LogP contribution is 2.37. The largest absolute Gasteiger partial charge is 0.355 e. The zero-order valence-electron chi connectivity index (χ0n) is 11.4. The second kappa shape index (κ2) is 7.39. The minimum Gasteiger partial charge on any atom is -0.355 e. The fourth-order valence-electron chi connectivity index (χ4n) is 3.34. The van der Waals surface area contributed by atoms with Gasteiger partial charge in [0.05, 0.1) is 6.04 Å². The lowest BCUT2D eigenvalue weighted by molar-refractivity contribution is -0.123. The van der Waals surface area contributed by atoms with Crippen LogP contribution in [0.4, 0.5) is 0 Å². The molecule has 3 atom stereocenters. The first kappa shape index (κ1) is 14.2. The molecular formula is C14H26N2OS. The molecule has 1 saturated heterocycles. The highest BCUT2D eigenvalue weighted by atomic mass is 32.2. The minimum absolute atomic E-state index is 0.101. The summed E-state index contributed by atoms with van der Waals surface area (Å²) in [5, 5.41) is 6.51. The standard InChI is InChI=1S/C14H26N2OS/c1-18-9-4-2-3-8-15-14(17)13-12-7-5-6-11(12)10-16-13/h11-13,16H,2-10H2,1H3,(H,15,17). The normalized spacial score (nSPS) is 30.4. The number of carbonyl (C=O) groups is 1. The summed E-state index contributed by atoms with van der Waals surface area (Å²) in [7, 11) is 0. The molecule has 2 N–H and O–H groups in total. The summed E-state index contributed by atoms with van der Waals surface area (Å²) in [6.45, 7) is 1.90. The maximum absolute atomic E-state index is 12.1. The van der Waals surface area contributed by atoms with E-state index in [1.165, 1.54) is 37.9 Å². The Kier molecular flexibility index (Phi) is 5.83. The molecule has 1 aliphatic carbocycles. The monoisotopic (exact) mass is 270 g/mol. The van der Waals surface area contributed by atoms with E-state index in [4.69, 9.17) is 0 Å². The van der Waals surface area contributed by atoms with Crippen LogP contribution in [0.2, 0.25) is 0 Å². The minimum atomic E-state index is 0.101. The fraction of sp³-hybridized carbons (Fsp3) is 0.929. The molecule has 0 aromatic heterocycles. The molecule has 4 heteroatoms. The van der Waals surface area contributed by atoms with Crippen molar-refractivity contribution in [3.05, 3.63) is 0 Å². The number of carbonyl (C=O) groups excluding carboxylic acids is 1. The van der Waals surface area contributed by atoms with E-state index < -0.39 is 0 Å². The maximum Gasteiger partial charge on any atom is 0.237 e. The van der Waals surface area contributed by atoms with Gasteiger partial charge in [0.2, 0.25) is 5.91 Å². The van der Waals surface area contributed by atoms with Crippen LogP contribution in [-0.4, -0.2) is 37.0 Å². The Hall–Kier alpha value is -0.220. The number of amides is 1. The fourth-order valence-corrected chi connectivity index (χ4v) is 3.84. The van der Waals surface area contributed by atoms with E-state index in [0.29, 0.717) is 5.92 Å². The topological polar surface area (TPSA) is 41.1 Å². The Morgan fingerprint density at radius 1 is 1.33 bits per heavy atom. The molecule has 0 aromatic rings. The van der Waals surface area contributed by atoms with Gasteiger partial charge in [0.15, 0.2) is 0 Å². The molecule has 1 saturated carbocycles. The zero-order chi connectivity index (χ0) is 12.8. The molecule has 0 radical (unpaired) electrons. The number of unbranched alkanes of at least 4 members (excludes halogenated alkanes) is 2. The number of hydrogen-bond donors (Lipinski definition) is 2. The van der Waals surface area contributed by atoms with Crippen LogP contribution >= 0.6 is 11.8 Å². The second-order valence-electron chi connectivity index (χ2n) is 5.59. The highest BCUT2D eigenvalue weighted by Gasteiger charge is 2.42. The molecule has 2 rings (SSSR count). The van der Waals surface area contributed by atoms with Gasteiger partial charge in [0.25, 0.3) is 0 Å². The lowest BCUT2D eigenvalue weighted by Gasteiger charge is -2.17. The molecule has 2 fully saturated rings. The summed E-state index contributed by atoms with van der Waals surface area (Å²) in [5.74, 6) is 2.86. The van der Waals surface area contributed by atoms with Crippen molar-refractivity contribution in [3.63, 3.8) is 0 Å². The molecular weight excluding hydrogens is 244 g/mol. The van der Waals surface area contributed by atoms with Crippen LogP contribution in [0.1, 0.15) is 38.5 Å². The molecule has 18 heavy (non-hydrogen) atoms. The summed E-state index contributed by atoms with van der Waals surface area (Å²) in [5.41, 5.74) is 0. The Morgan fingerprint density at radius 3 is 3.06 bits per heavy atom. The molecule has 0 bridgehead atoms. The van der Waals surface area contributed by atoms with E-state index in [1.54, 1.807) is 0 Å². The van der Waals surface area contributed by atoms with Crippen molar-refractivity contribution in [2.45, 2.75) is 44.6 Å². The van der Waals surface area contributed by atoms with Gasteiger partial charge in [-0.3, -0.25) is 4.79 Å². The van der Waals surface area contributed by atoms with Crippen molar-refractivity contribution in [2.75, 3.05) is 25.1 Å². The van der Waals surface area contributed by atoms with Gasteiger partial charge in [-0.05, 0) is 56.1 Å². The smallest absolute Gasteiger partial charge is 0.237 e. The number of nitrogens with one attached hydrogen (secondary N) is 2. The average molecular weight is 270 g/mol. The molecule has 0 spiro atoms. The molecule has 1 heterocycles. The molecule has 3 nitrogen and oxygen atoms in total. The predicted molar refractivity (Wildman–Crippen MR) is 77.9 cm³/mol. The van der Waals surface area contributed by atoms with Crippen LogP contribution in [0.3, 0.4) is 0 Å². The Labute approximate surface area is 115 Å². The summed E-state index contributed by atoms with van der Waals surface area (Å²) in [4.78, 5) is 12.1. The summed E-state index contributed by atoms with van der Waals surface area (Å²) in [6, 6.07) is 0.101. The third-order valence-corrected chi connectivity index (χ3v) is 5.05. The number of rotatable bonds is 7. The Balaban J connectivity index is 1.60. The van der Waals surface area contributed by atoms with Crippen molar-refractivity contribution in [3.8, 4) is 0 Å². The number of hydrogen-bond acceptors (Lipinski definition) is 3. The lowest BCUT2D eigenvalue weighted by Crippen LogP contribution is -2.44. The first-order chi connectivity index (χ1) is 8.83. The molecule has 2 aliphatic rings. The molecule has 1 amide bonds. The summed E-state index contributed by atoms with van der Waals surface area (Å²) < 4.78 is 0. The van der Waals surface area contributed by atoms with Crippen LogP contribution in [-0.2, 0) is 4.79 Å². The number of fused-ring (bicyclic) bond motifs is 1. The molecule has 0 aromatic carbocycles. The van der Waals surface area contributed by atoms with E-state index in [9.17, 15) is 4.79 Å². The van der Waals surface area contributed by atoms with E-state index in [-0.39, 0.29) is 11.9 Å². The quantitative estimate of drug-likeness (QED) is 0.696. The van der Waals surface area contributed by atoms with Crippen molar-refractivity contribution < 1.29 is 4.79 Å². The SMILES string of the molecule is CSCCCCCNC(=O)C1NCC2CCCC21. The van der Waals surface area contributed by atoms with E-state index in [1.807, 2.05) is 11.8 Å². The van der Waals surface area contributed by atoms with Crippen molar-refractivity contribution in [2.24, 2.45) is 11.8 Å². The Morgan fingerprint density at radius 2 is 2.22 bits per heavy atom. The van der Waals surface area contributed by atoms with E-state index in [0.717, 1.165) is 25.4 Å². The lowest BCUT2D eigenvalue weighted by atomic mass is 9.93. The van der Waals surface area contributed by atoms with Gasteiger partial charge in [-0.15, -0.1) is 0 Å². The van der Waals surface area contributed by atoms with Gasteiger partial charge < -0.3 is 10.6 Å². The third-order valence-electron chi connectivity index (χ3n) is 4.35. The van der Waals surface area contributed by atoms with Crippen LogP contribution in [0, 0.1) is 11.8 Å². The van der Waals surface area contributed by atoms with Crippen molar-refractivity contribution in [1.82, 2.24) is 10.6 Å². The highest BCUT2D eigenvalue weighted by molar-refractivity contribution is 7.98. The Bertz CT molecular complexity index is 273. The van der Waals surface area contributed by atoms with Gasteiger partial charge in [-0.1, -0.05) is 12.8 Å². The molecule has 104 valence electrons. The third kappa shape index (κ3) is 3.64.